The topological polar surface area (TPSA) is 103 Å². The number of sulfonamides is 1. The summed E-state index contributed by atoms with van der Waals surface area (Å²) in [5.41, 5.74) is 0.353. The van der Waals surface area contributed by atoms with Gasteiger partial charge in [0.15, 0.2) is 5.03 Å². The lowest BCUT2D eigenvalue weighted by Crippen LogP contribution is -2.45. The van der Waals surface area contributed by atoms with Gasteiger partial charge in [-0.05, 0) is 77.8 Å². The lowest BCUT2D eigenvalue weighted by atomic mass is 9.92. The molecule has 1 amide bonds. The molecule has 1 fully saturated rings. The number of aromatic nitrogens is 1. The number of aryl methyl sites for hydroxylation is 1. The number of likely N-dealkylation sites (tertiary alicyclic amines) is 1. The van der Waals surface area contributed by atoms with E-state index in [1.54, 1.807) is 12.3 Å². The molecule has 1 saturated heterocycles. The molecule has 2 rings (SSSR count). The molecule has 1 aliphatic rings. The van der Waals surface area contributed by atoms with Crippen molar-refractivity contribution < 1.29 is 17.9 Å². The molecule has 29 heavy (non-hydrogen) atoms. The molecule has 1 aromatic rings. The number of rotatable bonds is 7. The molecule has 2 N–H and O–H groups in total. The van der Waals surface area contributed by atoms with Crippen LogP contribution in [0.4, 0.5) is 4.79 Å². The second-order valence-electron chi connectivity index (χ2n) is 9.62. The SMILES string of the molecule is CC(C)(C)OC(=O)N1CC(CCCCCc2ccc(S(N)(=O)=O)nc2)CC1(C)C. The fraction of sp³-hybridized carbons (Fsp3) is 0.714. The number of nitrogens with two attached hydrogens (primary N) is 1. The molecule has 8 heteroatoms. The van der Waals surface area contributed by atoms with E-state index >= 15 is 0 Å². The highest BCUT2D eigenvalue weighted by Crippen LogP contribution is 2.36. The van der Waals surface area contributed by atoms with E-state index in [2.05, 4.69) is 18.8 Å². The lowest BCUT2D eigenvalue weighted by molar-refractivity contribution is 0.0131. The van der Waals surface area contributed by atoms with Crippen LogP contribution >= 0.6 is 0 Å². The van der Waals surface area contributed by atoms with E-state index < -0.39 is 15.6 Å². The summed E-state index contributed by atoms with van der Waals surface area (Å²) >= 11 is 0. The zero-order valence-corrected chi connectivity index (χ0v) is 19.1. The van der Waals surface area contributed by atoms with Crippen molar-refractivity contribution in [2.75, 3.05) is 6.54 Å². The largest absolute Gasteiger partial charge is 0.444 e. The van der Waals surface area contributed by atoms with Crippen molar-refractivity contribution in [1.82, 2.24) is 9.88 Å². The van der Waals surface area contributed by atoms with Crippen LogP contribution in [0.25, 0.3) is 0 Å². The van der Waals surface area contributed by atoms with Gasteiger partial charge in [-0.15, -0.1) is 0 Å². The summed E-state index contributed by atoms with van der Waals surface area (Å²) in [5.74, 6) is 0.494. The fourth-order valence-electron chi connectivity index (χ4n) is 3.88. The Labute approximate surface area is 175 Å². The first-order chi connectivity index (χ1) is 13.3. The number of carbonyl (C=O) groups excluding carboxylic acids is 1. The Balaban J connectivity index is 1.73. The van der Waals surface area contributed by atoms with Crippen LogP contribution in [0.5, 0.6) is 0 Å². The molecule has 0 bridgehead atoms. The monoisotopic (exact) mass is 425 g/mol. The van der Waals surface area contributed by atoms with Gasteiger partial charge in [0.2, 0.25) is 0 Å². The average Bonchev–Trinajstić information content (AvgIpc) is 2.87. The zero-order chi connectivity index (χ0) is 21.9. The van der Waals surface area contributed by atoms with Crippen molar-refractivity contribution in [3.05, 3.63) is 23.9 Å². The summed E-state index contributed by atoms with van der Waals surface area (Å²) in [6.45, 7) is 10.6. The number of pyridine rings is 1. The van der Waals surface area contributed by atoms with Crippen LogP contribution in [0.15, 0.2) is 23.4 Å². The average molecular weight is 426 g/mol. The third-order valence-corrected chi connectivity index (χ3v) is 6.06. The standard InChI is InChI=1S/C21H35N3O4S/c1-20(2,3)28-19(25)24-15-17(13-21(24,4)5)10-8-6-7-9-16-11-12-18(23-14-16)29(22,26)27/h11-12,14,17H,6-10,13,15H2,1-5H3,(H2,22,26,27). The Kier molecular flexibility index (Phi) is 7.32. The quantitative estimate of drug-likeness (QED) is 0.668. The molecule has 0 saturated carbocycles. The highest BCUT2D eigenvalue weighted by molar-refractivity contribution is 7.89. The molecule has 1 aliphatic heterocycles. The number of carbonyl (C=O) groups is 1. The molecule has 0 spiro atoms. The van der Waals surface area contributed by atoms with Crippen molar-refractivity contribution in [1.29, 1.82) is 0 Å². The van der Waals surface area contributed by atoms with Crippen LogP contribution in [0.2, 0.25) is 0 Å². The third-order valence-electron chi connectivity index (χ3n) is 5.24. The maximum absolute atomic E-state index is 12.5. The maximum Gasteiger partial charge on any atom is 0.410 e. The van der Waals surface area contributed by atoms with E-state index in [9.17, 15) is 13.2 Å². The van der Waals surface area contributed by atoms with Gasteiger partial charge in [0, 0.05) is 18.3 Å². The minimum Gasteiger partial charge on any atom is -0.444 e. The summed E-state index contributed by atoms with van der Waals surface area (Å²) in [6, 6.07) is 3.22. The molecule has 164 valence electrons. The van der Waals surface area contributed by atoms with Crippen LogP contribution in [0, 0.1) is 5.92 Å². The van der Waals surface area contributed by atoms with E-state index in [0.717, 1.165) is 50.6 Å². The summed E-state index contributed by atoms with van der Waals surface area (Å²) in [5, 5.41) is 4.96. The highest BCUT2D eigenvalue weighted by Gasteiger charge is 2.42. The molecule has 1 aromatic heterocycles. The van der Waals surface area contributed by atoms with Crippen LogP contribution in [0.3, 0.4) is 0 Å². The maximum atomic E-state index is 12.5. The van der Waals surface area contributed by atoms with Gasteiger partial charge in [0.25, 0.3) is 10.0 Å². The normalized spacial score (nSPS) is 19.4. The first-order valence-corrected chi connectivity index (χ1v) is 11.8. The van der Waals surface area contributed by atoms with Crippen molar-refractivity contribution in [3.63, 3.8) is 0 Å². The Bertz CT molecular complexity index is 798. The molecular weight excluding hydrogens is 390 g/mol. The van der Waals surface area contributed by atoms with E-state index in [0.29, 0.717) is 5.92 Å². The minimum atomic E-state index is -3.74. The van der Waals surface area contributed by atoms with Crippen molar-refractivity contribution in [2.24, 2.45) is 11.1 Å². The number of unbranched alkanes of at least 4 members (excludes halogenated alkanes) is 2. The second-order valence-corrected chi connectivity index (χ2v) is 11.1. The fourth-order valence-corrected chi connectivity index (χ4v) is 4.34. The number of nitrogens with zero attached hydrogens (tertiary/aromatic N) is 2. The molecular formula is C21H35N3O4S. The smallest absolute Gasteiger partial charge is 0.410 e. The van der Waals surface area contributed by atoms with Gasteiger partial charge in [-0.25, -0.2) is 23.3 Å². The molecule has 1 atom stereocenters. The molecule has 0 radical (unpaired) electrons. The van der Waals surface area contributed by atoms with Gasteiger partial charge in [-0.1, -0.05) is 18.9 Å². The summed E-state index contributed by atoms with van der Waals surface area (Å²) < 4.78 is 28.0. The highest BCUT2D eigenvalue weighted by atomic mass is 32.2. The molecule has 2 heterocycles. The third kappa shape index (κ3) is 7.26. The number of ether oxygens (including phenoxy) is 1. The molecule has 0 aromatic carbocycles. The number of primary sulfonamides is 1. The number of hydrogen-bond acceptors (Lipinski definition) is 5. The summed E-state index contributed by atoms with van der Waals surface area (Å²) in [6.07, 6.45) is 7.50. The van der Waals surface area contributed by atoms with Gasteiger partial charge < -0.3 is 9.64 Å². The van der Waals surface area contributed by atoms with Crippen molar-refractivity contribution in [2.45, 2.75) is 89.3 Å². The lowest BCUT2D eigenvalue weighted by Gasteiger charge is -2.33. The van der Waals surface area contributed by atoms with Crippen LogP contribution < -0.4 is 5.14 Å². The van der Waals surface area contributed by atoms with Gasteiger partial charge in [-0.3, -0.25) is 0 Å². The van der Waals surface area contributed by atoms with Gasteiger partial charge in [0.1, 0.15) is 5.60 Å². The van der Waals surface area contributed by atoms with Crippen LogP contribution in [-0.2, 0) is 21.2 Å². The molecule has 7 nitrogen and oxygen atoms in total. The van der Waals surface area contributed by atoms with Crippen molar-refractivity contribution >= 4 is 16.1 Å². The van der Waals surface area contributed by atoms with Crippen LogP contribution in [0.1, 0.15) is 72.3 Å². The Hall–Kier alpha value is -1.67. The Morgan fingerprint density at radius 1 is 1.28 bits per heavy atom. The van der Waals surface area contributed by atoms with Crippen LogP contribution in [-0.4, -0.2) is 42.1 Å². The number of hydrogen-bond donors (Lipinski definition) is 1. The first-order valence-electron chi connectivity index (χ1n) is 10.3. The number of amides is 1. The van der Waals surface area contributed by atoms with Gasteiger partial charge >= 0.3 is 6.09 Å². The van der Waals surface area contributed by atoms with E-state index in [4.69, 9.17) is 9.88 Å². The summed E-state index contributed by atoms with van der Waals surface area (Å²) in [7, 11) is -3.74. The Morgan fingerprint density at radius 2 is 1.97 bits per heavy atom. The summed E-state index contributed by atoms with van der Waals surface area (Å²) in [4.78, 5) is 18.3. The van der Waals surface area contributed by atoms with Crippen molar-refractivity contribution in [3.8, 4) is 0 Å². The van der Waals surface area contributed by atoms with E-state index in [-0.39, 0.29) is 16.7 Å². The van der Waals surface area contributed by atoms with Gasteiger partial charge in [-0.2, -0.15) is 0 Å². The predicted octanol–water partition coefficient (Wildman–Crippen LogP) is 3.87. The first kappa shape index (κ1) is 23.6. The van der Waals surface area contributed by atoms with Gasteiger partial charge in [0.05, 0.1) is 0 Å². The molecule has 0 aliphatic carbocycles. The predicted molar refractivity (Wildman–Crippen MR) is 113 cm³/mol. The Morgan fingerprint density at radius 3 is 2.52 bits per heavy atom. The second kappa shape index (κ2) is 9.00. The van der Waals surface area contributed by atoms with E-state index in [1.807, 2.05) is 25.7 Å². The zero-order valence-electron chi connectivity index (χ0n) is 18.3. The minimum absolute atomic E-state index is 0.0976. The molecule has 1 unspecified atom stereocenters. The van der Waals surface area contributed by atoms with E-state index in [1.165, 1.54) is 6.07 Å².